The molecule has 0 radical (unpaired) electrons. The summed E-state index contributed by atoms with van der Waals surface area (Å²) in [4.78, 5) is 21.0. The van der Waals surface area contributed by atoms with Gasteiger partial charge in [0.05, 0.1) is 34.7 Å². The van der Waals surface area contributed by atoms with Gasteiger partial charge in [-0.3, -0.25) is 25.7 Å². The molecule has 0 spiro atoms. The third-order valence-corrected chi connectivity index (χ3v) is 18.3. The molecule has 3 atom stereocenters. The summed E-state index contributed by atoms with van der Waals surface area (Å²) in [6.07, 6.45) is 2.65. The predicted octanol–water partition coefficient (Wildman–Crippen LogP) is 6.65. The van der Waals surface area contributed by atoms with Crippen LogP contribution in [0.3, 0.4) is 0 Å². The Kier molecular flexibility index (Phi) is 10.6. The van der Waals surface area contributed by atoms with Gasteiger partial charge in [0.1, 0.15) is 5.69 Å². The monoisotopic (exact) mass is 596 g/mol. The fraction of sp³-hybridized carbons (Fsp3) is 0.731. The zero-order valence-corrected chi connectivity index (χ0v) is 26.8. The van der Waals surface area contributed by atoms with Crippen LogP contribution in [0, 0.1) is 26.1 Å². The number of benzene rings is 1. The van der Waals surface area contributed by atoms with Crippen molar-refractivity contribution in [3.8, 4) is 0 Å². The second-order valence-corrected chi connectivity index (χ2v) is 20.9. The number of anilines is 1. The van der Waals surface area contributed by atoms with E-state index in [0.29, 0.717) is 19.6 Å². The second kappa shape index (κ2) is 13.2. The summed E-state index contributed by atoms with van der Waals surface area (Å²) in [5.41, 5.74) is 2.96. The summed E-state index contributed by atoms with van der Waals surface area (Å²) < 4.78 is 27.3. The van der Waals surface area contributed by atoms with E-state index in [1.165, 1.54) is 12.1 Å². The highest BCUT2D eigenvalue weighted by Crippen LogP contribution is 2.46. The molecule has 1 N–H and O–H groups in total. The molecule has 0 aliphatic carbocycles. The Morgan fingerprint density at radius 3 is 2.05 bits per heavy atom. The van der Waals surface area contributed by atoms with Gasteiger partial charge in [0.15, 0.2) is 0 Å². The quantitative estimate of drug-likeness (QED) is 0.136. The molecule has 0 unspecified atom stereocenters. The van der Waals surface area contributed by atoms with E-state index in [-0.39, 0.29) is 51.7 Å². The summed E-state index contributed by atoms with van der Waals surface area (Å²) in [5, 5.41) is 26.5. The lowest BCUT2D eigenvalue weighted by Crippen LogP contribution is -2.61. The molecule has 0 saturated carbocycles. The Labute approximate surface area is 238 Å². The number of nitro groups is 2. The molecule has 2 saturated heterocycles. The van der Waals surface area contributed by atoms with Gasteiger partial charge in [-0.25, -0.2) is 0 Å². The molecule has 1 aromatic carbocycles. The van der Waals surface area contributed by atoms with Gasteiger partial charge in [-0.05, 0) is 34.7 Å². The van der Waals surface area contributed by atoms with E-state index < -0.39 is 32.7 Å². The lowest BCUT2D eigenvalue weighted by molar-refractivity contribution is -0.393. The maximum atomic E-state index is 11.4. The molecule has 2 aliphatic heterocycles. The van der Waals surface area contributed by atoms with Crippen LogP contribution in [-0.2, 0) is 17.7 Å². The average molecular weight is 597 g/mol. The van der Waals surface area contributed by atoms with Crippen molar-refractivity contribution in [2.24, 2.45) is 11.0 Å². The number of hydrogen-bond acceptors (Lipinski definition) is 10. The van der Waals surface area contributed by atoms with Crippen LogP contribution in [0.1, 0.15) is 68.2 Å². The fourth-order valence-corrected chi connectivity index (χ4v) is 16.9. The maximum absolute atomic E-state index is 11.4. The smallest absolute Gasteiger partial charge is 0.334 e. The lowest BCUT2D eigenvalue weighted by Gasteiger charge is -2.47. The molecule has 2 heterocycles. The molecule has 224 valence electrons. The molecule has 12 nitrogen and oxygen atoms in total. The van der Waals surface area contributed by atoms with Crippen molar-refractivity contribution in [1.82, 2.24) is 0 Å². The van der Waals surface area contributed by atoms with Gasteiger partial charge in [0.25, 0.3) is 5.69 Å². The fourth-order valence-electron chi connectivity index (χ4n) is 5.80. The first-order valence-electron chi connectivity index (χ1n) is 14.1. The van der Waals surface area contributed by atoms with Crippen LogP contribution in [0.5, 0.6) is 0 Å². The molecule has 40 heavy (non-hydrogen) atoms. The number of hydrazone groups is 1. The summed E-state index contributed by atoms with van der Waals surface area (Å²) in [6, 6.07) is 3.39. The van der Waals surface area contributed by atoms with Crippen molar-refractivity contribution in [3.05, 3.63) is 38.4 Å². The zero-order chi connectivity index (χ0) is 29.8. The third kappa shape index (κ3) is 6.79. The summed E-state index contributed by atoms with van der Waals surface area (Å²) in [5.74, 6) is 0.152. The first-order valence-corrected chi connectivity index (χ1v) is 18.0. The highest BCUT2D eigenvalue weighted by Gasteiger charge is 2.58. The molecule has 3 rings (SSSR count). The van der Waals surface area contributed by atoms with E-state index in [1.54, 1.807) is 6.21 Å². The highest BCUT2D eigenvalue weighted by atomic mass is 28.5. The van der Waals surface area contributed by atoms with Crippen molar-refractivity contribution in [2.75, 3.05) is 18.6 Å². The number of fused-ring (bicyclic) bond motifs is 1. The van der Waals surface area contributed by atoms with Crippen LogP contribution in [0.4, 0.5) is 17.1 Å². The Hall–Kier alpha value is -2.24. The van der Waals surface area contributed by atoms with Crippen LogP contribution in [-0.4, -0.2) is 58.6 Å². The number of nitrogens with one attached hydrogen (secondary N) is 1. The summed E-state index contributed by atoms with van der Waals surface area (Å²) in [7, 11) is -5.31. The Balaban J connectivity index is 1.75. The molecule has 14 heteroatoms. The van der Waals surface area contributed by atoms with E-state index in [1.807, 2.05) is 0 Å². The van der Waals surface area contributed by atoms with Gasteiger partial charge in [-0.2, -0.15) is 5.10 Å². The topological polar surface area (TPSA) is 148 Å². The van der Waals surface area contributed by atoms with Crippen molar-refractivity contribution in [3.63, 3.8) is 0 Å². The van der Waals surface area contributed by atoms with E-state index in [0.717, 1.165) is 12.5 Å². The number of hydrogen-bond donors (Lipinski definition) is 1. The SMILES string of the molecule is CC(C)[Si]1(C(C)C)OC[C@H]2C[C@H](C/C=N/Nc3ccc([N+](=O)[O-])cc3[N+](=O)[O-])O[C@@H]2CO[Si](C(C)C)(C(C)C)O1. The van der Waals surface area contributed by atoms with E-state index in [9.17, 15) is 20.2 Å². The van der Waals surface area contributed by atoms with E-state index >= 15 is 0 Å². The Bertz CT molecular complexity index is 1030. The number of nitrogens with zero attached hydrogens (tertiary/aromatic N) is 3. The standard InChI is InChI=1S/C26H44N4O8Si2/c1-17(2)39(18(3)4)35-15-21-13-23(37-26(21)16-36-40(38-39,19(5)6)20(7)8)11-12-27-28-24-10-9-22(29(31)32)14-25(24)30(33)34/h9-10,12,14,17-21,23,26,28H,11,13,15-16H2,1-8H3/b27-12+/t21-,23+,26-/m1/s1. The molecule has 2 aliphatic rings. The summed E-state index contributed by atoms with van der Waals surface area (Å²) >= 11 is 0. The first kappa shape index (κ1) is 32.3. The van der Waals surface area contributed by atoms with Gasteiger partial charge < -0.3 is 17.7 Å². The van der Waals surface area contributed by atoms with Crippen LogP contribution in [0.2, 0.25) is 22.2 Å². The first-order chi connectivity index (χ1) is 18.7. The van der Waals surface area contributed by atoms with Gasteiger partial charge in [0, 0.05) is 31.2 Å². The van der Waals surface area contributed by atoms with Gasteiger partial charge in [0.2, 0.25) is 0 Å². The zero-order valence-electron chi connectivity index (χ0n) is 24.8. The van der Waals surface area contributed by atoms with E-state index in [4.69, 9.17) is 17.7 Å². The molecule has 0 bridgehead atoms. The number of ether oxygens (including phenoxy) is 1. The number of rotatable bonds is 10. The minimum atomic E-state index is -2.67. The molecule has 2 fully saturated rings. The van der Waals surface area contributed by atoms with Crippen molar-refractivity contribution in [1.29, 1.82) is 0 Å². The van der Waals surface area contributed by atoms with Gasteiger partial charge in [-0.1, -0.05) is 55.4 Å². The average Bonchev–Trinajstić information content (AvgIpc) is 3.28. The molecule has 0 aromatic heterocycles. The Morgan fingerprint density at radius 1 is 0.950 bits per heavy atom. The third-order valence-electron chi connectivity index (χ3n) is 8.03. The molecule has 0 amide bonds. The second-order valence-electron chi connectivity index (χ2n) is 12.0. The predicted molar refractivity (Wildman–Crippen MR) is 158 cm³/mol. The van der Waals surface area contributed by atoms with Crippen LogP contribution < -0.4 is 5.43 Å². The lowest BCUT2D eigenvalue weighted by atomic mass is 10.00. The van der Waals surface area contributed by atoms with Gasteiger partial charge in [-0.15, -0.1) is 0 Å². The normalized spacial score (nSPS) is 24.8. The maximum Gasteiger partial charge on any atom is 0.334 e. The number of nitro benzene ring substituents is 2. The van der Waals surface area contributed by atoms with Crippen LogP contribution in [0.25, 0.3) is 0 Å². The van der Waals surface area contributed by atoms with Crippen molar-refractivity contribution in [2.45, 2.75) is 103 Å². The minimum absolute atomic E-state index is 0.0752. The van der Waals surface area contributed by atoms with Gasteiger partial charge >= 0.3 is 22.8 Å². The van der Waals surface area contributed by atoms with Crippen molar-refractivity contribution < 1.29 is 27.6 Å². The summed E-state index contributed by atoms with van der Waals surface area (Å²) in [6.45, 7) is 18.6. The highest BCUT2D eigenvalue weighted by molar-refractivity contribution is 6.83. The van der Waals surface area contributed by atoms with E-state index in [2.05, 4.69) is 65.9 Å². The molecule has 1 aromatic rings. The minimum Gasteiger partial charge on any atom is -0.414 e. The van der Waals surface area contributed by atoms with Crippen LogP contribution in [0.15, 0.2) is 23.3 Å². The van der Waals surface area contributed by atoms with Crippen molar-refractivity contribution >= 4 is 40.4 Å². The van der Waals surface area contributed by atoms with Crippen LogP contribution >= 0.6 is 0 Å². The molecular formula is C26H44N4O8Si2. The molecular weight excluding hydrogens is 552 g/mol. The number of non-ortho nitro benzene ring substituents is 1. The largest absolute Gasteiger partial charge is 0.414 e. The Morgan fingerprint density at radius 2 is 1.52 bits per heavy atom.